The number of carbonyl (C=O) groups excluding carboxylic acids is 1. The molecule has 0 atom stereocenters. The highest BCUT2D eigenvalue weighted by molar-refractivity contribution is 6.43. The highest BCUT2D eigenvalue weighted by Gasteiger charge is 2.33. The third kappa shape index (κ3) is 3.45. The van der Waals surface area contributed by atoms with E-state index in [4.69, 9.17) is 33.7 Å². The van der Waals surface area contributed by atoms with Crippen molar-refractivity contribution in [3.8, 4) is 11.3 Å². The average Bonchev–Trinajstić information content (AvgIpc) is 3.07. The van der Waals surface area contributed by atoms with Crippen LogP contribution in [0.15, 0.2) is 24.4 Å². The molecule has 1 saturated heterocycles. The molecule has 4 rings (SSSR count). The van der Waals surface area contributed by atoms with Crippen LogP contribution in [0.3, 0.4) is 0 Å². The number of nitrogens with two attached hydrogens (primary N) is 1. The van der Waals surface area contributed by atoms with Gasteiger partial charge in [-0.1, -0.05) is 35.3 Å². The van der Waals surface area contributed by atoms with Crippen LogP contribution < -0.4 is 10.6 Å². The highest BCUT2D eigenvalue weighted by atomic mass is 35.5. The molecule has 3 aromatic rings. The zero-order valence-electron chi connectivity index (χ0n) is 15.1. The first kappa shape index (κ1) is 18.8. The third-order valence-electron chi connectivity index (χ3n) is 4.96. The maximum absolute atomic E-state index is 11.1. The van der Waals surface area contributed by atoms with Crippen LogP contribution in [0.2, 0.25) is 10.0 Å². The molecule has 0 bridgehead atoms. The molecular formula is C18H18Cl2N6O2. The minimum absolute atomic E-state index is 0.436. The van der Waals surface area contributed by atoms with E-state index in [1.807, 2.05) is 19.1 Å². The number of nitrogens with zero attached hydrogens (tertiary/aromatic N) is 4. The molecule has 2 aromatic heterocycles. The number of H-pyrrole nitrogens is 1. The number of aromatic amines is 1. The molecule has 1 aliphatic heterocycles. The Labute approximate surface area is 171 Å². The van der Waals surface area contributed by atoms with Gasteiger partial charge in [0.05, 0.1) is 21.9 Å². The molecule has 3 N–H and O–H groups in total. The van der Waals surface area contributed by atoms with Crippen LogP contribution in [0, 0.1) is 0 Å². The van der Waals surface area contributed by atoms with E-state index < -0.39 is 11.7 Å². The number of hydrogen-bond donors (Lipinski definition) is 2. The molecule has 28 heavy (non-hydrogen) atoms. The van der Waals surface area contributed by atoms with Crippen molar-refractivity contribution in [2.75, 3.05) is 18.0 Å². The van der Waals surface area contributed by atoms with Crippen molar-refractivity contribution in [3.63, 3.8) is 0 Å². The monoisotopic (exact) mass is 420 g/mol. The first-order chi connectivity index (χ1) is 13.4. The van der Waals surface area contributed by atoms with E-state index in [2.05, 4.69) is 25.1 Å². The molecular weight excluding hydrogens is 403 g/mol. The van der Waals surface area contributed by atoms with Gasteiger partial charge in [-0.3, -0.25) is 5.10 Å². The molecule has 0 unspecified atom stereocenters. The Morgan fingerprint density at radius 3 is 2.79 bits per heavy atom. The molecule has 0 saturated carbocycles. The standard InChI is InChI=1S/C18H18Cl2N6O2/c1-18(28-17(21)27)5-7-26(8-6-18)12-9-22-15-14(24-25-16(15)23-12)10-3-2-4-11(19)13(10)20/h2-4,9H,5-8H2,1H3,(H2,21,27)(H,23,24,25). The summed E-state index contributed by atoms with van der Waals surface area (Å²) in [5.41, 5.74) is 7.10. The number of rotatable bonds is 3. The Bertz CT molecular complexity index is 1050. The fourth-order valence-corrected chi connectivity index (χ4v) is 3.77. The number of primary amides is 1. The van der Waals surface area contributed by atoms with E-state index in [1.165, 1.54) is 0 Å². The lowest BCUT2D eigenvalue weighted by atomic mass is 9.93. The number of fused-ring (bicyclic) bond motifs is 1. The van der Waals surface area contributed by atoms with Crippen LogP contribution in [0.25, 0.3) is 22.4 Å². The predicted molar refractivity (Wildman–Crippen MR) is 108 cm³/mol. The number of amides is 1. The number of benzene rings is 1. The summed E-state index contributed by atoms with van der Waals surface area (Å²) in [4.78, 5) is 22.3. The normalized spacial score (nSPS) is 16.3. The Balaban J connectivity index is 1.59. The van der Waals surface area contributed by atoms with Gasteiger partial charge in [0, 0.05) is 31.5 Å². The second kappa shape index (κ2) is 7.10. The molecule has 1 aromatic carbocycles. The predicted octanol–water partition coefficient (Wildman–Crippen LogP) is 3.78. The Morgan fingerprint density at radius 1 is 1.32 bits per heavy atom. The molecule has 10 heteroatoms. The zero-order chi connectivity index (χ0) is 19.9. The smallest absolute Gasteiger partial charge is 0.405 e. The number of aromatic nitrogens is 4. The van der Waals surface area contributed by atoms with E-state index in [1.54, 1.807) is 12.3 Å². The Hall–Kier alpha value is -2.58. The van der Waals surface area contributed by atoms with Crippen LogP contribution in [0.1, 0.15) is 19.8 Å². The molecule has 1 aliphatic rings. The van der Waals surface area contributed by atoms with Crippen LogP contribution in [0.4, 0.5) is 10.6 Å². The average molecular weight is 421 g/mol. The molecule has 1 amide bonds. The molecule has 146 valence electrons. The second-order valence-electron chi connectivity index (χ2n) is 6.96. The topological polar surface area (TPSA) is 110 Å². The molecule has 8 nitrogen and oxygen atoms in total. The summed E-state index contributed by atoms with van der Waals surface area (Å²) in [6.07, 6.45) is 2.26. The first-order valence-corrected chi connectivity index (χ1v) is 9.51. The van der Waals surface area contributed by atoms with Crippen molar-refractivity contribution in [1.29, 1.82) is 0 Å². The summed E-state index contributed by atoms with van der Waals surface area (Å²) >= 11 is 12.4. The fourth-order valence-electron chi connectivity index (χ4n) is 3.38. The SMILES string of the molecule is CC1(OC(N)=O)CCN(c2cnc3c(-c4cccc(Cl)c4Cl)[nH]nc3n2)CC1. The zero-order valence-corrected chi connectivity index (χ0v) is 16.6. The van der Waals surface area contributed by atoms with Gasteiger partial charge >= 0.3 is 6.09 Å². The fraction of sp³-hybridized carbons (Fsp3) is 0.333. The summed E-state index contributed by atoms with van der Waals surface area (Å²) < 4.78 is 5.24. The molecule has 1 fully saturated rings. The van der Waals surface area contributed by atoms with E-state index in [0.29, 0.717) is 58.7 Å². The van der Waals surface area contributed by atoms with Gasteiger partial charge in [-0.05, 0) is 13.0 Å². The minimum Gasteiger partial charge on any atom is -0.443 e. The summed E-state index contributed by atoms with van der Waals surface area (Å²) in [7, 11) is 0. The van der Waals surface area contributed by atoms with E-state index in [0.717, 1.165) is 5.56 Å². The number of piperidine rings is 1. The minimum atomic E-state index is -0.749. The van der Waals surface area contributed by atoms with Crippen molar-refractivity contribution in [2.24, 2.45) is 5.73 Å². The molecule has 3 heterocycles. The van der Waals surface area contributed by atoms with Crippen LogP contribution in [-0.4, -0.2) is 44.9 Å². The second-order valence-corrected chi connectivity index (χ2v) is 7.74. The van der Waals surface area contributed by atoms with Crippen molar-refractivity contribution in [2.45, 2.75) is 25.4 Å². The number of halogens is 2. The van der Waals surface area contributed by atoms with Crippen LogP contribution >= 0.6 is 23.2 Å². The van der Waals surface area contributed by atoms with Gasteiger partial charge < -0.3 is 15.4 Å². The lowest BCUT2D eigenvalue weighted by Gasteiger charge is -2.38. The van der Waals surface area contributed by atoms with Crippen molar-refractivity contribution < 1.29 is 9.53 Å². The summed E-state index contributed by atoms with van der Waals surface area (Å²) in [5, 5.41) is 8.13. The van der Waals surface area contributed by atoms with Gasteiger partial charge in [-0.15, -0.1) is 0 Å². The van der Waals surface area contributed by atoms with Gasteiger partial charge in [0.2, 0.25) is 5.65 Å². The number of anilines is 1. The van der Waals surface area contributed by atoms with E-state index in [-0.39, 0.29) is 0 Å². The van der Waals surface area contributed by atoms with Crippen LogP contribution in [-0.2, 0) is 4.74 Å². The maximum Gasteiger partial charge on any atom is 0.405 e. The van der Waals surface area contributed by atoms with Crippen LogP contribution in [0.5, 0.6) is 0 Å². The van der Waals surface area contributed by atoms with Crippen molar-refractivity contribution >= 4 is 46.3 Å². The molecule has 0 spiro atoms. The number of carbonyl (C=O) groups is 1. The summed E-state index contributed by atoms with van der Waals surface area (Å²) in [5.74, 6) is 0.712. The number of ether oxygens (including phenoxy) is 1. The lowest BCUT2D eigenvalue weighted by molar-refractivity contribution is 0.0126. The summed E-state index contributed by atoms with van der Waals surface area (Å²) in [6.45, 7) is 3.22. The molecule has 0 aliphatic carbocycles. The quantitative estimate of drug-likeness (QED) is 0.666. The van der Waals surface area contributed by atoms with E-state index >= 15 is 0 Å². The van der Waals surface area contributed by atoms with Gasteiger partial charge in [-0.2, -0.15) is 5.10 Å². The van der Waals surface area contributed by atoms with E-state index in [9.17, 15) is 4.79 Å². The lowest BCUT2D eigenvalue weighted by Crippen LogP contribution is -2.46. The molecule has 0 radical (unpaired) electrons. The first-order valence-electron chi connectivity index (χ1n) is 8.75. The maximum atomic E-state index is 11.1. The van der Waals surface area contributed by atoms with Crippen molar-refractivity contribution in [3.05, 3.63) is 34.4 Å². The van der Waals surface area contributed by atoms with Gasteiger partial charge in [0.1, 0.15) is 16.9 Å². The third-order valence-corrected chi connectivity index (χ3v) is 5.78. The number of nitrogens with one attached hydrogen (secondary N) is 1. The Kier molecular flexibility index (Phi) is 4.76. The van der Waals surface area contributed by atoms with Gasteiger partial charge in [0.25, 0.3) is 0 Å². The summed E-state index contributed by atoms with van der Waals surface area (Å²) in [6, 6.07) is 5.39. The largest absolute Gasteiger partial charge is 0.443 e. The number of hydrogen-bond acceptors (Lipinski definition) is 6. The van der Waals surface area contributed by atoms with Gasteiger partial charge in [0.15, 0.2) is 0 Å². The Morgan fingerprint density at radius 2 is 2.07 bits per heavy atom. The van der Waals surface area contributed by atoms with Gasteiger partial charge in [-0.25, -0.2) is 14.8 Å². The highest BCUT2D eigenvalue weighted by Crippen LogP contribution is 2.35. The van der Waals surface area contributed by atoms with Crippen molar-refractivity contribution in [1.82, 2.24) is 20.2 Å².